The van der Waals surface area contributed by atoms with Crippen molar-refractivity contribution in [2.24, 2.45) is 13.0 Å². The average Bonchev–Trinajstić information content (AvgIpc) is 3.72. The molecule has 210 valence electrons. The third kappa shape index (κ3) is 5.67. The molecule has 0 atom stereocenters. The van der Waals surface area contributed by atoms with E-state index in [4.69, 9.17) is 4.74 Å². The number of likely N-dealkylation sites (tertiary alicyclic amines) is 1. The van der Waals surface area contributed by atoms with Crippen molar-refractivity contribution < 1.29 is 18.7 Å². The molecule has 2 amide bonds. The Balaban J connectivity index is 1.09. The van der Waals surface area contributed by atoms with Crippen LogP contribution < -0.4 is 15.5 Å². The summed E-state index contributed by atoms with van der Waals surface area (Å²) in [4.78, 5) is 30.1. The number of ether oxygens (including phenoxy) is 1. The topological polar surface area (TPSA) is 91.7 Å². The third-order valence-electron chi connectivity index (χ3n) is 8.01. The number of amides is 2. The van der Waals surface area contributed by atoms with Crippen LogP contribution in [0.3, 0.4) is 0 Å². The molecule has 0 bridgehead atoms. The lowest BCUT2D eigenvalue weighted by molar-refractivity contribution is 0.0493. The van der Waals surface area contributed by atoms with Gasteiger partial charge in [0.15, 0.2) is 0 Å². The molecule has 3 heterocycles. The summed E-state index contributed by atoms with van der Waals surface area (Å²) in [5.41, 5.74) is 3.79. The molecule has 3 aromatic rings. The smallest absolute Gasteiger partial charge is 0.407 e. The zero-order chi connectivity index (χ0) is 27.8. The summed E-state index contributed by atoms with van der Waals surface area (Å²) in [6.45, 7) is 5.40. The standard InChI is InChI=1S/C30H35FN6O3/c1-19-3-8-27-26(13-19)34-28-22(16-33-35(28)2)18-37(27)29(38)24-7-6-21(14-25(24)31)15-32-30(39)40-23-9-11-36(12-10-23)17-20-4-5-20/h3,6-8,13-14,16,20,23,34H,4-5,9-12,15,17-18H2,1-2H3,(H,32,39). The Bertz CT molecular complexity index is 1430. The second-order valence-electron chi connectivity index (χ2n) is 11.2. The number of halogens is 1. The summed E-state index contributed by atoms with van der Waals surface area (Å²) in [6.07, 6.45) is 5.46. The Morgan fingerprint density at radius 1 is 1.12 bits per heavy atom. The number of nitrogens with one attached hydrogen (secondary N) is 2. The molecule has 9 nitrogen and oxygen atoms in total. The molecule has 1 saturated heterocycles. The predicted octanol–water partition coefficient (Wildman–Crippen LogP) is 4.87. The largest absolute Gasteiger partial charge is 0.446 e. The molecular weight excluding hydrogens is 511 g/mol. The number of alkyl carbamates (subject to hydrolysis) is 1. The van der Waals surface area contributed by atoms with Crippen LogP contribution >= 0.6 is 0 Å². The normalized spacial score (nSPS) is 17.4. The van der Waals surface area contributed by atoms with Crippen LogP contribution in [0.2, 0.25) is 0 Å². The van der Waals surface area contributed by atoms with Gasteiger partial charge in [0, 0.05) is 38.8 Å². The molecule has 10 heteroatoms. The first-order valence-corrected chi connectivity index (χ1v) is 14.0. The van der Waals surface area contributed by atoms with Crippen molar-refractivity contribution in [1.82, 2.24) is 20.0 Å². The molecular formula is C30H35FN6O3. The highest BCUT2D eigenvalue weighted by atomic mass is 19.1. The first-order valence-electron chi connectivity index (χ1n) is 14.0. The van der Waals surface area contributed by atoms with E-state index in [1.165, 1.54) is 25.0 Å². The summed E-state index contributed by atoms with van der Waals surface area (Å²) >= 11 is 0. The van der Waals surface area contributed by atoms with Crippen molar-refractivity contribution in [2.75, 3.05) is 29.9 Å². The van der Waals surface area contributed by atoms with Crippen molar-refractivity contribution in [1.29, 1.82) is 0 Å². The van der Waals surface area contributed by atoms with E-state index in [0.717, 1.165) is 61.0 Å². The zero-order valence-corrected chi connectivity index (χ0v) is 23.0. The van der Waals surface area contributed by atoms with Gasteiger partial charge in [-0.2, -0.15) is 5.10 Å². The number of rotatable bonds is 6. The molecule has 0 spiro atoms. The minimum Gasteiger partial charge on any atom is -0.446 e. The van der Waals surface area contributed by atoms with Crippen molar-refractivity contribution in [3.8, 4) is 0 Å². The highest BCUT2D eigenvalue weighted by Crippen LogP contribution is 2.37. The number of hydrogen-bond acceptors (Lipinski definition) is 6. The van der Waals surface area contributed by atoms with E-state index < -0.39 is 17.8 Å². The summed E-state index contributed by atoms with van der Waals surface area (Å²) < 4.78 is 22.6. The quantitative estimate of drug-likeness (QED) is 0.458. The van der Waals surface area contributed by atoms with Gasteiger partial charge in [-0.1, -0.05) is 12.1 Å². The summed E-state index contributed by atoms with van der Waals surface area (Å²) in [5.74, 6) is 0.559. The molecule has 2 fully saturated rings. The van der Waals surface area contributed by atoms with E-state index in [0.29, 0.717) is 11.3 Å². The van der Waals surface area contributed by atoms with Gasteiger partial charge in [0.25, 0.3) is 5.91 Å². The van der Waals surface area contributed by atoms with Crippen LogP contribution in [0.25, 0.3) is 0 Å². The molecule has 1 aromatic heterocycles. The zero-order valence-electron chi connectivity index (χ0n) is 23.0. The lowest BCUT2D eigenvalue weighted by atomic mass is 10.1. The highest BCUT2D eigenvalue weighted by molar-refractivity contribution is 6.08. The Hall–Kier alpha value is -3.92. The Kier molecular flexibility index (Phi) is 7.18. The fourth-order valence-corrected chi connectivity index (χ4v) is 5.54. The van der Waals surface area contributed by atoms with Crippen LogP contribution in [-0.2, 0) is 24.9 Å². The molecule has 40 heavy (non-hydrogen) atoms. The minimum absolute atomic E-state index is 0.0388. The van der Waals surface area contributed by atoms with Crippen LogP contribution in [0.5, 0.6) is 0 Å². The molecule has 6 rings (SSSR count). The lowest BCUT2D eigenvalue weighted by Gasteiger charge is -2.31. The maximum absolute atomic E-state index is 15.3. The number of hydrogen-bond donors (Lipinski definition) is 2. The fourth-order valence-electron chi connectivity index (χ4n) is 5.54. The molecule has 0 unspecified atom stereocenters. The first-order chi connectivity index (χ1) is 19.3. The van der Waals surface area contributed by atoms with Crippen molar-refractivity contribution in [2.45, 2.75) is 51.8 Å². The Morgan fingerprint density at radius 2 is 1.93 bits per heavy atom. The number of carbonyl (C=O) groups is 2. The van der Waals surface area contributed by atoms with Crippen LogP contribution in [0.1, 0.15) is 52.7 Å². The van der Waals surface area contributed by atoms with Crippen LogP contribution in [-0.4, -0.2) is 52.4 Å². The van der Waals surface area contributed by atoms with Gasteiger partial charge in [-0.15, -0.1) is 0 Å². The Labute approximate surface area is 233 Å². The van der Waals surface area contributed by atoms with Gasteiger partial charge in [-0.05, 0) is 73.9 Å². The third-order valence-corrected chi connectivity index (χ3v) is 8.01. The van der Waals surface area contributed by atoms with Crippen LogP contribution in [0.15, 0.2) is 42.6 Å². The first kappa shape index (κ1) is 26.3. The molecule has 2 N–H and O–H groups in total. The molecule has 1 saturated carbocycles. The van der Waals surface area contributed by atoms with E-state index >= 15 is 4.39 Å². The molecule has 2 aliphatic heterocycles. The summed E-state index contributed by atoms with van der Waals surface area (Å²) in [6, 6.07) is 10.2. The van der Waals surface area contributed by atoms with Gasteiger partial charge in [0.1, 0.15) is 17.7 Å². The predicted molar refractivity (Wildman–Crippen MR) is 150 cm³/mol. The SMILES string of the molecule is Cc1ccc2c(c1)Nc1c(cnn1C)CN2C(=O)c1ccc(CNC(=O)OC2CCN(CC3CC3)CC2)cc1F. The number of piperidine rings is 1. The van der Waals surface area contributed by atoms with Crippen LogP contribution in [0.4, 0.5) is 26.4 Å². The molecule has 1 aliphatic carbocycles. The van der Waals surface area contributed by atoms with E-state index in [2.05, 4.69) is 20.6 Å². The van der Waals surface area contributed by atoms with E-state index in [9.17, 15) is 9.59 Å². The summed E-state index contributed by atoms with van der Waals surface area (Å²) in [5, 5.41) is 10.4. The van der Waals surface area contributed by atoms with Crippen LogP contribution in [0, 0.1) is 18.7 Å². The van der Waals surface area contributed by atoms with Crippen molar-refractivity contribution in [3.05, 3.63) is 70.7 Å². The highest BCUT2D eigenvalue weighted by Gasteiger charge is 2.30. The van der Waals surface area contributed by atoms with Gasteiger partial charge in [-0.3, -0.25) is 9.48 Å². The lowest BCUT2D eigenvalue weighted by Crippen LogP contribution is -2.40. The van der Waals surface area contributed by atoms with Gasteiger partial charge >= 0.3 is 6.09 Å². The number of aromatic nitrogens is 2. The number of benzene rings is 2. The second-order valence-corrected chi connectivity index (χ2v) is 11.2. The molecule has 3 aliphatic rings. The average molecular weight is 547 g/mol. The summed E-state index contributed by atoms with van der Waals surface area (Å²) in [7, 11) is 1.83. The minimum atomic E-state index is -0.641. The molecule has 0 radical (unpaired) electrons. The fraction of sp³-hybridized carbons (Fsp3) is 0.433. The molecule has 2 aromatic carbocycles. The van der Waals surface area contributed by atoms with E-state index in [-0.39, 0.29) is 24.8 Å². The van der Waals surface area contributed by atoms with Crippen molar-refractivity contribution >= 4 is 29.2 Å². The second kappa shape index (κ2) is 10.9. The monoisotopic (exact) mass is 546 g/mol. The number of anilines is 3. The van der Waals surface area contributed by atoms with E-state index in [1.54, 1.807) is 21.8 Å². The van der Waals surface area contributed by atoms with E-state index in [1.807, 2.05) is 32.2 Å². The number of carbonyl (C=O) groups excluding carboxylic acids is 2. The number of aryl methyl sites for hydroxylation is 2. The van der Waals surface area contributed by atoms with Gasteiger partial charge in [0.05, 0.1) is 29.7 Å². The Morgan fingerprint density at radius 3 is 2.67 bits per heavy atom. The maximum Gasteiger partial charge on any atom is 0.407 e. The van der Waals surface area contributed by atoms with Crippen molar-refractivity contribution in [3.63, 3.8) is 0 Å². The van der Waals surface area contributed by atoms with Gasteiger partial charge in [0.2, 0.25) is 0 Å². The maximum atomic E-state index is 15.3. The number of fused-ring (bicyclic) bond motifs is 2. The van der Waals surface area contributed by atoms with Gasteiger partial charge in [-0.25, -0.2) is 9.18 Å². The number of nitrogens with zero attached hydrogens (tertiary/aromatic N) is 4. The van der Waals surface area contributed by atoms with Gasteiger partial charge < -0.3 is 25.2 Å².